The zero-order valence-electron chi connectivity index (χ0n) is 18.8. The van der Waals surface area contributed by atoms with Gasteiger partial charge in [-0.15, -0.1) is 0 Å². The van der Waals surface area contributed by atoms with E-state index in [0.29, 0.717) is 35.7 Å². The van der Waals surface area contributed by atoms with E-state index in [9.17, 15) is 10.1 Å². The molecule has 1 aliphatic carbocycles. The van der Waals surface area contributed by atoms with Crippen LogP contribution in [0.25, 0.3) is 0 Å². The molecule has 1 aromatic carbocycles. The number of hydrogen-bond acceptors (Lipinski definition) is 5. The molecular formula is C25H31N3O2. The second-order valence-corrected chi connectivity index (χ2v) is 10.5. The largest absolute Gasteiger partial charge is 0.444 e. The highest BCUT2D eigenvalue weighted by Crippen LogP contribution is 2.50. The molecule has 0 aromatic heterocycles. The lowest BCUT2D eigenvalue weighted by Gasteiger charge is -2.45. The first-order chi connectivity index (χ1) is 13.9. The molecule has 0 saturated heterocycles. The number of anilines is 1. The number of benzene rings is 1. The van der Waals surface area contributed by atoms with Crippen molar-refractivity contribution in [3.05, 3.63) is 52.1 Å². The van der Waals surface area contributed by atoms with Crippen molar-refractivity contribution in [1.29, 1.82) is 5.26 Å². The Morgan fingerprint density at radius 2 is 1.93 bits per heavy atom. The van der Waals surface area contributed by atoms with Crippen LogP contribution in [0.3, 0.4) is 0 Å². The molecule has 0 amide bonds. The molecule has 0 unspecified atom stereocenters. The van der Waals surface area contributed by atoms with Crippen molar-refractivity contribution >= 4 is 11.5 Å². The lowest BCUT2D eigenvalue weighted by Crippen LogP contribution is -2.45. The van der Waals surface area contributed by atoms with Crippen LogP contribution in [-0.2, 0) is 9.53 Å². The first-order valence-electron chi connectivity index (χ1n) is 10.7. The standard InChI is InChI=1S/C25H31N3O2/c1-14-10-25(4,5)28(6)18-8-7-15(9-16(14)18)21-17(13-26)23(27)30-20-12-24(2,3)11-19(29)22(20)21/h7-9,14,21H,10-12,27H2,1-6H3/t14-,21-/m1/s1. The Labute approximate surface area is 179 Å². The van der Waals surface area contributed by atoms with Crippen LogP contribution < -0.4 is 10.6 Å². The maximum atomic E-state index is 13.2. The number of carbonyl (C=O) groups excluding carboxylic acids is 1. The number of fused-ring (bicyclic) bond motifs is 1. The Bertz CT molecular complexity index is 1040. The smallest absolute Gasteiger partial charge is 0.205 e. The molecule has 2 heterocycles. The van der Waals surface area contributed by atoms with Crippen molar-refractivity contribution in [3.8, 4) is 6.07 Å². The van der Waals surface area contributed by atoms with Gasteiger partial charge < -0.3 is 15.4 Å². The minimum atomic E-state index is -0.458. The number of nitrogens with two attached hydrogens (primary N) is 1. The molecule has 0 saturated carbocycles. The van der Waals surface area contributed by atoms with Gasteiger partial charge in [0.25, 0.3) is 0 Å². The summed E-state index contributed by atoms with van der Waals surface area (Å²) in [5.41, 5.74) is 10.4. The zero-order valence-corrected chi connectivity index (χ0v) is 18.8. The van der Waals surface area contributed by atoms with E-state index < -0.39 is 5.92 Å². The molecule has 158 valence electrons. The molecular weight excluding hydrogens is 374 g/mol. The van der Waals surface area contributed by atoms with E-state index in [4.69, 9.17) is 10.5 Å². The summed E-state index contributed by atoms with van der Waals surface area (Å²) in [6, 6.07) is 8.56. The molecule has 2 atom stereocenters. The van der Waals surface area contributed by atoms with Crippen LogP contribution in [0.2, 0.25) is 0 Å². The predicted molar refractivity (Wildman–Crippen MR) is 118 cm³/mol. The molecule has 30 heavy (non-hydrogen) atoms. The van der Waals surface area contributed by atoms with Crippen molar-refractivity contribution in [2.24, 2.45) is 11.1 Å². The first-order valence-corrected chi connectivity index (χ1v) is 10.7. The molecule has 4 rings (SSSR count). The first kappa shape index (κ1) is 20.5. The fourth-order valence-electron chi connectivity index (χ4n) is 5.39. The number of nitriles is 1. The quantitative estimate of drug-likeness (QED) is 0.722. The fourth-order valence-corrected chi connectivity index (χ4v) is 5.39. The number of ketones is 1. The second-order valence-electron chi connectivity index (χ2n) is 10.5. The van der Waals surface area contributed by atoms with Gasteiger partial charge in [-0.25, -0.2) is 0 Å². The highest BCUT2D eigenvalue weighted by molar-refractivity contribution is 6.00. The topological polar surface area (TPSA) is 79.3 Å². The number of allylic oxidation sites excluding steroid dienone is 3. The number of rotatable bonds is 1. The Kier molecular flexibility index (Phi) is 4.54. The van der Waals surface area contributed by atoms with Crippen LogP contribution in [0.5, 0.6) is 0 Å². The van der Waals surface area contributed by atoms with Gasteiger partial charge in [-0.2, -0.15) is 5.26 Å². The monoisotopic (exact) mass is 405 g/mol. The van der Waals surface area contributed by atoms with Gasteiger partial charge in [0.05, 0.1) is 5.92 Å². The van der Waals surface area contributed by atoms with Crippen LogP contribution in [0.15, 0.2) is 41.0 Å². The van der Waals surface area contributed by atoms with Crippen LogP contribution in [0, 0.1) is 16.7 Å². The van der Waals surface area contributed by atoms with Crippen LogP contribution >= 0.6 is 0 Å². The van der Waals surface area contributed by atoms with Gasteiger partial charge in [0.1, 0.15) is 17.4 Å². The van der Waals surface area contributed by atoms with Gasteiger partial charge in [0.15, 0.2) is 5.78 Å². The van der Waals surface area contributed by atoms with Gasteiger partial charge in [-0.1, -0.05) is 32.9 Å². The number of ether oxygens (including phenoxy) is 1. The van der Waals surface area contributed by atoms with Gasteiger partial charge in [0.2, 0.25) is 5.88 Å². The molecule has 5 nitrogen and oxygen atoms in total. The predicted octanol–water partition coefficient (Wildman–Crippen LogP) is 4.86. The third kappa shape index (κ3) is 3.10. The average Bonchev–Trinajstić information content (AvgIpc) is 2.63. The van der Waals surface area contributed by atoms with Gasteiger partial charge in [-0.05, 0) is 48.8 Å². The molecule has 2 N–H and O–H groups in total. The molecule has 3 aliphatic rings. The van der Waals surface area contributed by atoms with E-state index in [2.05, 4.69) is 64.8 Å². The minimum absolute atomic E-state index is 0.0514. The molecule has 0 fully saturated rings. The Morgan fingerprint density at radius 1 is 1.23 bits per heavy atom. The summed E-state index contributed by atoms with van der Waals surface area (Å²) < 4.78 is 5.82. The van der Waals surface area contributed by atoms with Crippen molar-refractivity contribution in [1.82, 2.24) is 0 Å². The third-order valence-electron chi connectivity index (χ3n) is 7.07. The van der Waals surface area contributed by atoms with Crippen molar-refractivity contribution in [2.45, 2.75) is 71.3 Å². The fraction of sp³-hybridized carbons (Fsp3) is 0.520. The summed E-state index contributed by atoms with van der Waals surface area (Å²) in [4.78, 5) is 15.5. The van der Waals surface area contributed by atoms with Gasteiger partial charge in [0, 0.05) is 36.7 Å². The van der Waals surface area contributed by atoms with Gasteiger partial charge >= 0.3 is 0 Å². The normalized spacial score (nSPS) is 27.2. The molecule has 2 aliphatic heterocycles. The van der Waals surface area contributed by atoms with Crippen molar-refractivity contribution in [2.75, 3.05) is 11.9 Å². The number of hydrogen-bond donors (Lipinski definition) is 1. The van der Waals surface area contributed by atoms with Crippen LogP contribution in [0.4, 0.5) is 5.69 Å². The van der Waals surface area contributed by atoms with E-state index in [0.717, 1.165) is 12.0 Å². The van der Waals surface area contributed by atoms with E-state index >= 15 is 0 Å². The summed E-state index contributed by atoms with van der Waals surface area (Å²) in [6.07, 6.45) is 2.13. The van der Waals surface area contributed by atoms with Crippen molar-refractivity contribution in [3.63, 3.8) is 0 Å². The number of nitrogens with zero attached hydrogens (tertiary/aromatic N) is 2. The van der Waals surface area contributed by atoms with E-state index in [1.165, 1.54) is 11.3 Å². The minimum Gasteiger partial charge on any atom is -0.444 e. The summed E-state index contributed by atoms with van der Waals surface area (Å²) in [5.74, 6) is 0.723. The molecule has 1 aromatic rings. The number of Topliss-reactive ketones (excluding diaryl/α,β-unsaturated/α-hetero) is 1. The highest BCUT2D eigenvalue weighted by atomic mass is 16.5. The molecule has 5 heteroatoms. The van der Waals surface area contributed by atoms with Crippen LogP contribution in [-0.4, -0.2) is 18.4 Å². The lowest BCUT2D eigenvalue weighted by atomic mass is 9.69. The van der Waals surface area contributed by atoms with E-state index in [1.54, 1.807) is 0 Å². The Hall–Kier alpha value is -2.74. The number of carbonyl (C=O) groups is 1. The Morgan fingerprint density at radius 3 is 2.60 bits per heavy atom. The molecule has 0 radical (unpaired) electrons. The van der Waals surface area contributed by atoms with Crippen molar-refractivity contribution < 1.29 is 9.53 Å². The lowest BCUT2D eigenvalue weighted by molar-refractivity contribution is -0.119. The highest BCUT2D eigenvalue weighted by Gasteiger charge is 2.43. The SMILES string of the molecule is C[C@@H]1CC(C)(C)N(C)c2ccc([C@@H]3C(C#N)=C(N)OC4=C3C(=O)CC(C)(C)C4)cc21. The van der Waals surface area contributed by atoms with Gasteiger partial charge in [-0.3, -0.25) is 4.79 Å². The summed E-state index contributed by atoms with van der Waals surface area (Å²) in [6.45, 7) is 10.9. The summed E-state index contributed by atoms with van der Waals surface area (Å²) in [5, 5.41) is 9.86. The zero-order chi connectivity index (χ0) is 22.0. The maximum Gasteiger partial charge on any atom is 0.205 e. The summed E-state index contributed by atoms with van der Waals surface area (Å²) >= 11 is 0. The second kappa shape index (κ2) is 6.63. The maximum absolute atomic E-state index is 13.2. The summed E-state index contributed by atoms with van der Waals surface area (Å²) in [7, 11) is 2.13. The average molecular weight is 406 g/mol. The van der Waals surface area contributed by atoms with E-state index in [1.807, 2.05) is 6.07 Å². The Balaban J connectivity index is 1.87. The van der Waals surface area contributed by atoms with Crippen LogP contribution in [0.1, 0.15) is 76.8 Å². The van der Waals surface area contributed by atoms with E-state index in [-0.39, 0.29) is 22.6 Å². The third-order valence-corrected chi connectivity index (χ3v) is 7.07. The molecule has 0 bridgehead atoms. The molecule has 0 spiro atoms.